The largest absolute Gasteiger partial charge is 0.433 e. The number of rotatable bonds is 3. The van der Waals surface area contributed by atoms with Gasteiger partial charge in [0.2, 0.25) is 0 Å². The fourth-order valence-corrected chi connectivity index (χ4v) is 2.55. The van der Waals surface area contributed by atoms with Gasteiger partial charge < -0.3 is 5.32 Å². The highest BCUT2D eigenvalue weighted by Gasteiger charge is 2.32. The molecule has 114 valence electrons. The number of fused-ring (bicyclic) bond motifs is 1. The highest BCUT2D eigenvalue weighted by atomic mass is 32.1. The van der Waals surface area contributed by atoms with E-state index >= 15 is 0 Å². The molecule has 0 aliphatic carbocycles. The lowest BCUT2D eigenvalue weighted by Gasteiger charge is -2.06. The SMILES string of the molecule is O=C(NCc1cn2ccsc2n1)c1ccc(C(F)(F)F)nc1. The molecule has 0 atom stereocenters. The molecule has 9 heteroatoms. The summed E-state index contributed by atoms with van der Waals surface area (Å²) in [5.74, 6) is -0.502. The molecule has 0 fully saturated rings. The van der Waals surface area contributed by atoms with Gasteiger partial charge in [-0.15, -0.1) is 11.3 Å². The lowest BCUT2D eigenvalue weighted by Crippen LogP contribution is -2.23. The summed E-state index contributed by atoms with van der Waals surface area (Å²) in [6.07, 6.45) is 0.0102. The zero-order valence-electron chi connectivity index (χ0n) is 11.0. The van der Waals surface area contributed by atoms with E-state index in [0.29, 0.717) is 5.69 Å². The average Bonchev–Trinajstić information content (AvgIpc) is 3.05. The van der Waals surface area contributed by atoms with Gasteiger partial charge in [0.05, 0.1) is 17.8 Å². The maximum absolute atomic E-state index is 12.4. The quantitative estimate of drug-likeness (QED) is 0.805. The Bertz CT molecular complexity index is 778. The van der Waals surface area contributed by atoms with Crippen LogP contribution in [0.2, 0.25) is 0 Å². The second kappa shape index (κ2) is 5.41. The minimum absolute atomic E-state index is 0.0639. The molecule has 0 unspecified atom stereocenters. The average molecular weight is 326 g/mol. The Morgan fingerprint density at radius 2 is 2.18 bits per heavy atom. The Balaban J connectivity index is 1.65. The van der Waals surface area contributed by atoms with E-state index in [1.165, 1.54) is 11.3 Å². The molecule has 0 radical (unpaired) electrons. The van der Waals surface area contributed by atoms with Gasteiger partial charge in [-0.05, 0) is 12.1 Å². The summed E-state index contributed by atoms with van der Waals surface area (Å²) in [7, 11) is 0. The number of aromatic nitrogens is 3. The summed E-state index contributed by atoms with van der Waals surface area (Å²) >= 11 is 1.47. The topological polar surface area (TPSA) is 59.3 Å². The number of nitrogens with zero attached hydrogens (tertiary/aromatic N) is 3. The predicted molar refractivity (Wildman–Crippen MR) is 73.5 cm³/mol. The molecule has 3 aromatic rings. The lowest BCUT2D eigenvalue weighted by molar-refractivity contribution is -0.141. The number of halogens is 3. The number of thiazole rings is 1. The van der Waals surface area contributed by atoms with E-state index in [1.54, 1.807) is 6.20 Å². The van der Waals surface area contributed by atoms with Crippen molar-refractivity contribution in [3.05, 3.63) is 53.1 Å². The summed E-state index contributed by atoms with van der Waals surface area (Å²) in [4.78, 5) is 20.2. The van der Waals surface area contributed by atoms with E-state index in [-0.39, 0.29) is 12.1 Å². The first-order chi connectivity index (χ1) is 10.4. The first-order valence-corrected chi connectivity index (χ1v) is 7.04. The summed E-state index contributed by atoms with van der Waals surface area (Å²) in [6.45, 7) is 0.189. The van der Waals surface area contributed by atoms with Gasteiger partial charge in [-0.3, -0.25) is 14.2 Å². The molecule has 0 bridgehead atoms. The Morgan fingerprint density at radius 1 is 1.36 bits per heavy atom. The van der Waals surface area contributed by atoms with Crippen molar-refractivity contribution in [3.63, 3.8) is 0 Å². The number of imidazole rings is 1. The molecular formula is C13H9F3N4OS. The Hall–Kier alpha value is -2.42. The number of hydrogen-bond donors (Lipinski definition) is 1. The first-order valence-electron chi connectivity index (χ1n) is 6.16. The van der Waals surface area contributed by atoms with Crippen molar-refractivity contribution in [3.8, 4) is 0 Å². The van der Waals surface area contributed by atoms with E-state index in [4.69, 9.17) is 0 Å². The van der Waals surface area contributed by atoms with Crippen LogP contribution in [-0.4, -0.2) is 20.3 Å². The number of carbonyl (C=O) groups excluding carboxylic acids is 1. The van der Waals surface area contributed by atoms with E-state index in [0.717, 1.165) is 23.3 Å². The lowest BCUT2D eigenvalue weighted by atomic mass is 10.2. The Morgan fingerprint density at radius 3 is 2.82 bits per heavy atom. The number of amides is 1. The molecule has 3 rings (SSSR count). The van der Waals surface area contributed by atoms with Gasteiger partial charge in [-0.25, -0.2) is 4.98 Å². The van der Waals surface area contributed by atoms with Gasteiger partial charge in [0.25, 0.3) is 5.91 Å². The van der Waals surface area contributed by atoms with Crippen LogP contribution in [0.3, 0.4) is 0 Å². The zero-order chi connectivity index (χ0) is 15.7. The van der Waals surface area contributed by atoms with E-state index < -0.39 is 17.8 Å². The number of pyridine rings is 1. The molecule has 0 aliphatic rings. The molecular weight excluding hydrogens is 317 g/mol. The third-order valence-corrected chi connectivity index (χ3v) is 3.66. The van der Waals surface area contributed by atoms with Crippen molar-refractivity contribution >= 4 is 22.2 Å². The third kappa shape index (κ3) is 2.93. The minimum atomic E-state index is -4.52. The first kappa shape index (κ1) is 14.5. The smallest absolute Gasteiger partial charge is 0.346 e. The maximum atomic E-state index is 12.4. The van der Waals surface area contributed by atoms with Gasteiger partial charge in [-0.1, -0.05) is 0 Å². The van der Waals surface area contributed by atoms with Crippen LogP contribution in [0, 0.1) is 0 Å². The highest BCUT2D eigenvalue weighted by molar-refractivity contribution is 7.15. The Kier molecular flexibility index (Phi) is 3.57. The second-order valence-corrected chi connectivity index (χ2v) is 5.31. The molecule has 0 aliphatic heterocycles. The molecule has 1 amide bonds. The molecule has 0 aromatic carbocycles. The summed E-state index contributed by atoms with van der Waals surface area (Å²) in [5.41, 5.74) is -0.299. The third-order valence-electron chi connectivity index (χ3n) is 2.89. The normalized spacial score (nSPS) is 11.8. The molecule has 3 heterocycles. The van der Waals surface area contributed by atoms with Gasteiger partial charge in [-0.2, -0.15) is 13.2 Å². The van der Waals surface area contributed by atoms with Crippen LogP contribution in [0.5, 0.6) is 0 Å². The van der Waals surface area contributed by atoms with Crippen molar-refractivity contribution in [1.29, 1.82) is 0 Å². The van der Waals surface area contributed by atoms with E-state index in [9.17, 15) is 18.0 Å². The van der Waals surface area contributed by atoms with Crippen molar-refractivity contribution in [2.75, 3.05) is 0 Å². The number of carbonyl (C=O) groups is 1. The molecule has 0 saturated carbocycles. The number of hydrogen-bond acceptors (Lipinski definition) is 4. The summed E-state index contributed by atoms with van der Waals surface area (Å²) < 4.78 is 39.0. The van der Waals surface area contributed by atoms with Crippen molar-refractivity contribution < 1.29 is 18.0 Å². The van der Waals surface area contributed by atoms with E-state index in [1.807, 2.05) is 16.0 Å². The van der Waals surface area contributed by atoms with Crippen LogP contribution < -0.4 is 5.32 Å². The van der Waals surface area contributed by atoms with Crippen LogP contribution in [0.25, 0.3) is 4.96 Å². The van der Waals surface area contributed by atoms with Crippen LogP contribution in [0.4, 0.5) is 13.2 Å². The minimum Gasteiger partial charge on any atom is -0.346 e. The van der Waals surface area contributed by atoms with Gasteiger partial charge in [0, 0.05) is 24.0 Å². The van der Waals surface area contributed by atoms with Crippen LogP contribution in [-0.2, 0) is 12.7 Å². The fourth-order valence-electron chi connectivity index (χ4n) is 1.83. The van der Waals surface area contributed by atoms with Gasteiger partial charge in [0.1, 0.15) is 5.69 Å². The zero-order valence-corrected chi connectivity index (χ0v) is 11.8. The van der Waals surface area contributed by atoms with Crippen molar-refractivity contribution in [2.24, 2.45) is 0 Å². The summed E-state index contributed by atoms with van der Waals surface area (Å²) in [5, 5.41) is 4.48. The maximum Gasteiger partial charge on any atom is 0.433 e. The monoisotopic (exact) mass is 326 g/mol. The molecule has 0 saturated heterocycles. The van der Waals surface area contributed by atoms with Crippen molar-refractivity contribution in [2.45, 2.75) is 12.7 Å². The second-order valence-electron chi connectivity index (χ2n) is 4.44. The number of nitrogens with one attached hydrogen (secondary N) is 1. The van der Waals surface area contributed by atoms with E-state index in [2.05, 4.69) is 15.3 Å². The molecule has 3 aromatic heterocycles. The van der Waals surface area contributed by atoms with Crippen LogP contribution in [0.15, 0.2) is 36.1 Å². The standard InChI is InChI=1S/C13H9F3N4OS/c14-13(15,16)10-2-1-8(5-17-10)11(21)18-6-9-7-20-3-4-22-12(20)19-9/h1-5,7H,6H2,(H,18,21). The molecule has 0 spiro atoms. The number of alkyl halides is 3. The molecule has 5 nitrogen and oxygen atoms in total. The van der Waals surface area contributed by atoms with Crippen LogP contribution >= 0.6 is 11.3 Å². The Labute approximate surface area is 126 Å². The molecule has 22 heavy (non-hydrogen) atoms. The molecule has 1 N–H and O–H groups in total. The van der Waals surface area contributed by atoms with Crippen molar-refractivity contribution in [1.82, 2.24) is 19.7 Å². The highest BCUT2D eigenvalue weighted by Crippen LogP contribution is 2.27. The van der Waals surface area contributed by atoms with Crippen LogP contribution in [0.1, 0.15) is 21.7 Å². The fraction of sp³-hybridized carbons (Fsp3) is 0.154. The predicted octanol–water partition coefficient (Wildman–Crippen LogP) is 2.74. The van der Waals surface area contributed by atoms with Gasteiger partial charge in [0.15, 0.2) is 4.96 Å². The van der Waals surface area contributed by atoms with Gasteiger partial charge >= 0.3 is 6.18 Å². The summed E-state index contributed by atoms with van der Waals surface area (Å²) in [6, 6.07) is 1.87.